The van der Waals surface area contributed by atoms with Crippen LogP contribution in [0.5, 0.6) is 5.75 Å². The lowest BCUT2D eigenvalue weighted by Crippen LogP contribution is -2.42. The zero-order valence-electron chi connectivity index (χ0n) is 16.9. The van der Waals surface area contributed by atoms with Crippen LogP contribution in [-0.4, -0.2) is 60.2 Å². The van der Waals surface area contributed by atoms with Gasteiger partial charge in [-0.3, -0.25) is 14.5 Å². The Morgan fingerprint density at radius 3 is 2.73 bits per heavy atom. The van der Waals surface area contributed by atoms with Crippen LogP contribution in [0.25, 0.3) is 0 Å². The minimum atomic E-state index is -0.0638. The minimum Gasteiger partial charge on any atom is -0.492 e. The van der Waals surface area contributed by atoms with E-state index in [1.165, 1.54) is 5.01 Å². The van der Waals surface area contributed by atoms with Crippen molar-refractivity contribution in [2.45, 2.75) is 19.4 Å². The van der Waals surface area contributed by atoms with E-state index in [-0.39, 0.29) is 11.8 Å². The topological polar surface area (TPSA) is 74.2 Å². The van der Waals surface area contributed by atoms with Crippen molar-refractivity contribution in [2.75, 3.05) is 32.8 Å². The monoisotopic (exact) mass is 406 g/mol. The van der Waals surface area contributed by atoms with Crippen LogP contribution in [-0.2, 0) is 16.1 Å². The Labute approximate surface area is 176 Å². The second-order valence-corrected chi connectivity index (χ2v) is 7.45. The summed E-state index contributed by atoms with van der Waals surface area (Å²) in [5.41, 5.74) is 3.02. The Morgan fingerprint density at radius 1 is 1.07 bits per heavy atom. The molecule has 7 heteroatoms. The van der Waals surface area contributed by atoms with Crippen LogP contribution in [0.1, 0.15) is 24.0 Å². The Kier molecular flexibility index (Phi) is 6.39. The zero-order chi connectivity index (χ0) is 20.8. The fraction of sp³-hybridized carbons (Fsp3) is 0.348. The first-order valence-electron chi connectivity index (χ1n) is 10.3. The first kappa shape index (κ1) is 20.1. The first-order chi connectivity index (χ1) is 14.7. The van der Waals surface area contributed by atoms with Crippen molar-refractivity contribution in [3.63, 3.8) is 0 Å². The van der Waals surface area contributed by atoms with Crippen molar-refractivity contribution < 1.29 is 14.3 Å². The number of rotatable bonds is 6. The predicted octanol–water partition coefficient (Wildman–Crippen LogP) is 2.02. The summed E-state index contributed by atoms with van der Waals surface area (Å²) in [6.45, 7) is 2.97. The SMILES string of the molecule is O=C(CN1CCOc2ccccc2C1)NCCN1N=C(c2ccccc2)CCC1=O. The molecule has 0 bridgehead atoms. The molecule has 4 rings (SSSR count). The highest BCUT2D eigenvalue weighted by Crippen LogP contribution is 2.22. The second-order valence-electron chi connectivity index (χ2n) is 7.45. The van der Waals surface area contributed by atoms with Crippen LogP contribution in [0, 0.1) is 0 Å². The van der Waals surface area contributed by atoms with Gasteiger partial charge in [0.2, 0.25) is 11.8 Å². The summed E-state index contributed by atoms with van der Waals surface area (Å²) < 4.78 is 5.75. The molecule has 0 unspecified atom stereocenters. The summed E-state index contributed by atoms with van der Waals surface area (Å²) in [4.78, 5) is 26.7. The normalized spacial score (nSPS) is 16.9. The number of ether oxygens (including phenoxy) is 1. The number of nitrogens with zero attached hydrogens (tertiary/aromatic N) is 3. The quantitative estimate of drug-likeness (QED) is 0.797. The van der Waals surface area contributed by atoms with Gasteiger partial charge < -0.3 is 10.1 Å². The molecule has 156 valence electrons. The van der Waals surface area contributed by atoms with E-state index >= 15 is 0 Å². The minimum absolute atomic E-state index is 0.00907. The van der Waals surface area contributed by atoms with Crippen molar-refractivity contribution >= 4 is 17.5 Å². The van der Waals surface area contributed by atoms with E-state index < -0.39 is 0 Å². The molecule has 0 saturated heterocycles. The lowest BCUT2D eigenvalue weighted by Gasteiger charge is -2.24. The number of nitrogens with one attached hydrogen (secondary N) is 1. The highest BCUT2D eigenvalue weighted by molar-refractivity contribution is 6.04. The second kappa shape index (κ2) is 9.54. The van der Waals surface area contributed by atoms with E-state index in [0.29, 0.717) is 52.2 Å². The molecular weight excluding hydrogens is 380 g/mol. The third-order valence-electron chi connectivity index (χ3n) is 5.26. The van der Waals surface area contributed by atoms with Crippen molar-refractivity contribution in [3.05, 3.63) is 65.7 Å². The maximum atomic E-state index is 12.4. The maximum Gasteiger partial charge on any atom is 0.243 e. The molecule has 0 spiro atoms. The van der Waals surface area contributed by atoms with Crippen LogP contribution in [0.4, 0.5) is 0 Å². The van der Waals surface area contributed by atoms with Crippen LogP contribution in [0.15, 0.2) is 59.7 Å². The molecule has 2 aromatic carbocycles. The van der Waals surface area contributed by atoms with E-state index in [9.17, 15) is 9.59 Å². The Bertz CT molecular complexity index is 929. The Balaban J connectivity index is 1.27. The standard InChI is InChI=1S/C23H26N4O3/c28-22(17-26-14-15-30-21-9-5-4-8-19(21)16-26)24-12-13-27-23(29)11-10-20(25-27)18-6-2-1-3-7-18/h1-9H,10-17H2,(H,24,28). The van der Waals surface area contributed by atoms with E-state index in [1.807, 2.05) is 54.6 Å². The summed E-state index contributed by atoms with van der Waals surface area (Å²) in [5, 5.41) is 8.89. The van der Waals surface area contributed by atoms with Gasteiger partial charge in [0.15, 0.2) is 0 Å². The smallest absolute Gasteiger partial charge is 0.243 e. The molecule has 0 saturated carbocycles. The average Bonchev–Trinajstić information content (AvgIpc) is 2.97. The summed E-state index contributed by atoms with van der Waals surface area (Å²) >= 11 is 0. The zero-order valence-corrected chi connectivity index (χ0v) is 16.9. The van der Waals surface area contributed by atoms with E-state index in [4.69, 9.17) is 4.74 Å². The van der Waals surface area contributed by atoms with Gasteiger partial charge in [0.1, 0.15) is 12.4 Å². The number of amides is 2. The van der Waals surface area contributed by atoms with Gasteiger partial charge in [-0.1, -0.05) is 48.5 Å². The molecule has 2 aliphatic rings. The molecule has 7 nitrogen and oxygen atoms in total. The number of benzene rings is 2. The fourth-order valence-electron chi connectivity index (χ4n) is 3.69. The van der Waals surface area contributed by atoms with Crippen molar-refractivity contribution in [1.82, 2.24) is 15.2 Å². The van der Waals surface area contributed by atoms with Gasteiger partial charge in [0.05, 0.1) is 18.8 Å². The first-order valence-corrected chi connectivity index (χ1v) is 10.3. The third-order valence-corrected chi connectivity index (χ3v) is 5.26. The molecule has 2 heterocycles. The van der Waals surface area contributed by atoms with E-state index in [0.717, 1.165) is 22.6 Å². The summed E-state index contributed by atoms with van der Waals surface area (Å²) in [6.07, 6.45) is 1.08. The highest BCUT2D eigenvalue weighted by atomic mass is 16.5. The molecule has 1 N–H and O–H groups in total. The van der Waals surface area contributed by atoms with Gasteiger partial charge >= 0.3 is 0 Å². The van der Waals surface area contributed by atoms with Crippen LogP contribution in [0.3, 0.4) is 0 Å². The van der Waals surface area contributed by atoms with Gasteiger partial charge in [0.25, 0.3) is 0 Å². The van der Waals surface area contributed by atoms with Crippen molar-refractivity contribution in [3.8, 4) is 5.75 Å². The lowest BCUT2D eigenvalue weighted by atomic mass is 10.0. The van der Waals surface area contributed by atoms with Crippen molar-refractivity contribution in [2.24, 2.45) is 5.10 Å². The third kappa shape index (κ3) is 5.04. The number of carbonyl (C=O) groups is 2. The van der Waals surface area contributed by atoms with Gasteiger partial charge in [-0.2, -0.15) is 5.10 Å². The lowest BCUT2D eigenvalue weighted by molar-refractivity contribution is -0.132. The average molecular weight is 406 g/mol. The van der Waals surface area contributed by atoms with Crippen molar-refractivity contribution in [1.29, 1.82) is 0 Å². The van der Waals surface area contributed by atoms with Gasteiger partial charge in [-0.25, -0.2) is 5.01 Å². The summed E-state index contributed by atoms with van der Waals surface area (Å²) in [5.74, 6) is 0.812. The number of carbonyl (C=O) groups excluding carboxylic acids is 2. The molecule has 30 heavy (non-hydrogen) atoms. The van der Waals surface area contributed by atoms with Crippen LogP contribution >= 0.6 is 0 Å². The molecule has 0 radical (unpaired) electrons. The fourth-order valence-corrected chi connectivity index (χ4v) is 3.69. The van der Waals surface area contributed by atoms with Crippen LogP contribution < -0.4 is 10.1 Å². The van der Waals surface area contributed by atoms with Crippen LogP contribution in [0.2, 0.25) is 0 Å². The Hall–Kier alpha value is -3.19. The molecule has 0 aromatic heterocycles. The summed E-state index contributed by atoms with van der Waals surface area (Å²) in [7, 11) is 0. The highest BCUT2D eigenvalue weighted by Gasteiger charge is 2.21. The van der Waals surface area contributed by atoms with E-state index in [1.54, 1.807) is 0 Å². The number of hydrogen-bond acceptors (Lipinski definition) is 5. The number of fused-ring (bicyclic) bond motifs is 1. The molecule has 0 aliphatic carbocycles. The molecule has 2 aromatic rings. The molecule has 2 aliphatic heterocycles. The predicted molar refractivity (Wildman–Crippen MR) is 114 cm³/mol. The number of hydrogen-bond donors (Lipinski definition) is 1. The van der Waals surface area contributed by atoms with Gasteiger partial charge in [0, 0.05) is 38.0 Å². The molecule has 0 atom stereocenters. The molecule has 2 amide bonds. The largest absolute Gasteiger partial charge is 0.492 e. The molecule has 0 fully saturated rings. The maximum absolute atomic E-state index is 12.4. The number of hydrazone groups is 1. The van der Waals surface area contributed by atoms with Gasteiger partial charge in [-0.15, -0.1) is 0 Å². The van der Waals surface area contributed by atoms with Gasteiger partial charge in [-0.05, 0) is 11.6 Å². The number of para-hydroxylation sites is 1. The summed E-state index contributed by atoms with van der Waals surface area (Å²) in [6, 6.07) is 17.8. The molecular formula is C23H26N4O3. The van der Waals surface area contributed by atoms with E-state index in [2.05, 4.69) is 15.3 Å². The Morgan fingerprint density at radius 2 is 1.87 bits per heavy atom.